The van der Waals surface area contributed by atoms with Crippen LogP contribution < -0.4 is 4.74 Å². The van der Waals surface area contributed by atoms with Crippen LogP contribution >= 0.6 is 7.60 Å². The second kappa shape index (κ2) is 7.71. The summed E-state index contributed by atoms with van der Waals surface area (Å²) in [6, 6.07) is 1.34. The predicted molar refractivity (Wildman–Crippen MR) is 86.1 cm³/mol. The van der Waals surface area contributed by atoms with Gasteiger partial charge in [0, 0.05) is 17.3 Å². The molecule has 1 aromatic carbocycles. The van der Waals surface area contributed by atoms with E-state index in [1.807, 2.05) is 0 Å². The number of phenols is 1. The van der Waals surface area contributed by atoms with Gasteiger partial charge in [-0.3, -0.25) is 9.05 Å². The lowest BCUT2D eigenvalue weighted by Gasteiger charge is -2.11. The molecular weight excluding hydrogens is 335 g/mol. The highest BCUT2D eigenvalue weighted by atomic mass is 31.2. The minimum absolute atomic E-state index is 0.0714. The van der Waals surface area contributed by atoms with E-state index in [-0.39, 0.29) is 37.7 Å². The zero-order chi connectivity index (χ0) is 17.7. The smallest absolute Gasteiger partial charge is 0.405 e. The average molecular weight is 354 g/mol. The number of carbonyl (C=O) groups excluding carboxylic acids is 1. The third-order valence-corrected chi connectivity index (χ3v) is 4.94. The molecule has 1 aliphatic rings. The zero-order valence-corrected chi connectivity index (χ0v) is 14.6. The first-order chi connectivity index (χ1) is 11.4. The third kappa shape index (κ3) is 3.90. The van der Waals surface area contributed by atoms with Crippen LogP contribution in [0.25, 0.3) is 0 Å². The van der Waals surface area contributed by atoms with Crippen molar-refractivity contribution in [2.45, 2.75) is 27.4 Å². The van der Waals surface area contributed by atoms with Crippen molar-refractivity contribution in [3.8, 4) is 23.1 Å². The molecule has 0 fully saturated rings. The number of benzene rings is 1. The van der Waals surface area contributed by atoms with E-state index in [1.165, 1.54) is 6.07 Å². The number of carbonyl (C=O) groups is 1. The molecule has 0 radical (unpaired) electrons. The lowest BCUT2D eigenvalue weighted by atomic mass is 10.0. The SMILES string of the molecule is CCOP(=O)(C#CCOc1cc(O)c2c(c1C)COC2=O)OCC. The Kier molecular flexibility index (Phi) is 5.89. The highest BCUT2D eigenvalue weighted by Gasteiger charge is 2.28. The van der Waals surface area contributed by atoms with Crippen molar-refractivity contribution in [2.24, 2.45) is 0 Å². The van der Waals surface area contributed by atoms with Crippen molar-refractivity contribution >= 4 is 13.6 Å². The molecule has 8 heteroatoms. The lowest BCUT2D eigenvalue weighted by Crippen LogP contribution is -2.01. The molecular formula is C16H19O7P. The van der Waals surface area contributed by atoms with Crippen LogP contribution in [-0.2, 0) is 25.0 Å². The van der Waals surface area contributed by atoms with Gasteiger partial charge in [-0.1, -0.05) is 0 Å². The number of rotatable bonds is 6. The Balaban J connectivity index is 2.12. The van der Waals surface area contributed by atoms with Gasteiger partial charge in [0.2, 0.25) is 0 Å². The lowest BCUT2D eigenvalue weighted by molar-refractivity contribution is 0.0533. The molecule has 1 N–H and O–H groups in total. The molecule has 130 valence electrons. The Morgan fingerprint density at radius 1 is 1.33 bits per heavy atom. The van der Waals surface area contributed by atoms with Gasteiger partial charge in [-0.05, 0) is 32.3 Å². The second-order valence-electron chi connectivity index (χ2n) is 4.86. The maximum absolute atomic E-state index is 12.2. The van der Waals surface area contributed by atoms with E-state index in [4.69, 9.17) is 18.5 Å². The van der Waals surface area contributed by atoms with Gasteiger partial charge in [-0.2, -0.15) is 0 Å². The van der Waals surface area contributed by atoms with Gasteiger partial charge in [0.05, 0.1) is 13.2 Å². The van der Waals surface area contributed by atoms with Crippen LogP contribution in [0.15, 0.2) is 6.07 Å². The molecule has 24 heavy (non-hydrogen) atoms. The van der Waals surface area contributed by atoms with Gasteiger partial charge in [0.1, 0.15) is 30.3 Å². The van der Waals surface area contributed by atoms with E-state index < -0.39 is 13.6 Å². The van der Waals surface area contributed by atoms with E-state index >= 15 is 0 Å². The molecule has 0 atom stereocenters. The monoisotopic (exact) mass is 354 g/mol. The standard InChI is InChI=1S/C16H19O7P/c1-4-22-24(19,23-5-2)8-6-7-20-14-9-13(17)15-12(11(14)3)10-21-16(15)18/h9,17H,4-5,7,10H2,1-3H3. The number of phenolic OH excluding ortho intramolecular Hbond substituents is 1. The number of cyclic esters (lactones) is 1. The summed E-state index contributed by atoms with van der Waals surface area (Å²) >= 11 is 0. The van der Waals surface area contributed by atoms with Gasteiger partial charge in [-0.15, -0.1) is 0 Å². The van der Waals surface area contributed by atoms with Crippen LogP contribution in [-0.4, -0.2) is 30.9 Å². The van der Waals surface area contributed by atoms with E-state index in [1.54, 1.807) is 20.8 Å². The number of ether oxygens (including phenoxy) is 2. The van der Waals surface area contributed by atoms with Crippen molar-refractivity contribution in [1.29, 1.82) is 0 Å². The number of hydrogen-bond donors (Lipinski definition) is 1. The first kappa shape index (κ1) is 18.3. The molecule has 7 nitrogen and oxygen atoms in total. The van der Waals surface area contributed by atoms with Crippen LogP contribution in [0, 0.1) is 18.5 Å². The summed E-state index contributed by atoms with van der Waals surface area (Å²) in [6.07, 6.45) is 0. The van der Waals surface area contributed by atoms with Gasteiger partial charge in [0.25, 0.3) is 0 Å². The molecule has 0 amide bonds. The van der Waals surface area contributed by atoms with Crippen molar-refractivity contribution in [1.82, 2.24) is 0 Å². The minimum atomic E-state index is -3.44. The Morgan fingerprint density at radius 2 is 2.00 bits per heavy atom. The fourth-order valence-electron chi connectivity index (χ4n) is 2.25. The average Bonchev–Trinajstić information content (AvgIpc) is 2.91. The fraction of sp³-hybridized carbons (Fsp3) is 0.438. The normalized spacial score (nSPS) is 13.0. The molecule has 0 unspecified atom stereocenters. The second-order valence-corrected chi connectivity index (χ2v) is 6.59. The van der Waals surface area contributed by atoms with E-state index in [0.29, 0.717) is 16.9 Å². The number of fused-ring (bicyclic) bond motifs is 1. The molecule has 0 aliphatic carbocycles. The van der Waals surface area contributed by atoms with Gasteiger partial charge in [-0.25, -0.2) is 9.36 Å². The largest absolute Gasteiger partial charge is 0.507 e. The third-order valence-electron chi connectivity index (χ3n) is 3.31. The molecule has 0 aromatic heterocycles. The maximum atomic E-state index is 12.2. The summed E-state index contributed by atoms with van der Waals surface area (Å²) in [4.78, 5) is 11.5. The summed E-state index contributed by atoms with van der Waals surface area (Å²) in [6.45, 7) is 5.62. The minimum Gasteiger partial charge on any atom is -0.507 e. The van der Waals surface area contributed by atoms with Crippen molar-refractivity contribution in [3.05, 3.63) is 22.8 Å². The first-order valence-electron chi connectivity index (χ1n) is 7.46. The van der Waals surface area contributed by atoms with Crippen molar-refractivity contribution < 1.29 is 33.0 Å². The Bertz CT molecular complexity index is 735. The van der Waals surface area contributed by atoms with E-state index in [2.05, 4.69) is 11.6 Å². The maximum Gasteiger partial charge on any atom is 0.405 e. The number of esters is 1. The van der Waals surface area contributed by atoms with Crippen molar-refractivity contribution in [3.63, 3.8) is 0 Å². The Morgan fingerprint density at radius 3 is 2.62 bits per heavy atom. The molecule has 0 spiro atoms. The molecule has 0 bridgehead atoms. The van der Waals surface area contributed by atoms with Gasteiger partial charge >= 0.3 is 13.6 Å². The Labute approximate surface area is 140 Å². The van der Waals surface area contributed by atoms with Crippen LogP contribution in [0.3, 0.4) is 0 Å². The molecule has 1 aromatic rings. The highest BCUT2D eigenvalue weighted by Crippen LogP contribution is 2.46. The summed E-state index contributed by atoms with van der Waals surface area (Å²) in [5.41, 5.74) is 3.91. The van der Waals surface area contributed by atoms with Crippen molar-refractivity contribution in [2.75, 3.05) is 19.8 Å². The van der Waals surface area contributed by atoms with Gasteiger partial charge < -0.3 is 14.6 Å². The fourth-order valence-corrected chi connectivity index (χ4v) is 3.39. The van der Waals surface area contributed by atoms with Crippen LogP contribution in [0.2, 0.25) is 0 Å². The van der Waals surface area contributed by atoms with E-state index in [9.17, 15) is 14.5 Å². The van der Waals surface area contributed by atoms with Gasteiger partial charge in [0.15, 0.2) is 0 Å². The number of aromatic hydroxyl groups is 1. The first-order valence-corrected chi connectivity index (χ1v) is 9.00. The predicted octanol–water partition coefficient (Wildman–Crippen LogP) is 2.98. The van der Waals surface area contributed by atoms with Crippen LogP contribution in [0.1, 0.15) is 35.3 Å². The molecule has 1 heterocycles. The molecule has 1 aliphatic heterocycles. The van der Waals surface area contributed by atoms with E-state index in [0.717, 1.165) is 0 Å². The summed E-state index contributed by atoms with van der Waals surface area (Å²) in [5.74, 6) is 2.23. The summed E-state index contributed by atoms with van der Waals surface area (Å²) in [7, 11) is -3.44. The zero-order valence-electron chi connectivity index (χ0n) is 13.7. The molecule has 2 rings (SSSR count). The quantitative estimate of drug-likeness (QED) is 0.477. The summed E-state index contributed by atoms with van der Waals surface area (Å²) in [5, 5.41) is 9.93. The van der Waals surface area contributed by atoms with Crippen LogP contribution in [0.4, 0.5) is 0 Å². The summed E-state index contributed by atoms with van der Waals surface area (Å²) < 4.78 is 32.7. The molecule has 0 saturated carbocycles. The Hall–Kier alpha value is -2.00. The highest BCUT2D eigenvalue weighted by molar-refractivity contribution is 7.59. The number of hydrogen-bond acceptors (Lipinski definition) is 7. The van der Waals surface area contributed by atoms with Crippen LogP contribution in [0.5, 0.6) is 11.5 Å². The molecule has 0 saturated heterocycles. The topological polar surface area (TPSA) is 91.3 Å².